The van der Waals surface area contributed by atoms with Crippen molar-refractivity contribution in [3.05, 3.63) is 319 Å². The van der Waals surface area contributed by atoms with Crippen molar-refractivity contribution in [1.29, 1.82) is 0 Å². The molecule has 1 N–H and O–H groups in total. The number of likely N-dealkylation sites (tertiary alicyclic amines) is 3. The van der Waals surface area contributed by atoms with Crippen LogP contribution in [0.15, 0.2) is 240 Å². The molecule has 1 spiro atoms. The Morgan fingerprint density at radius 2 is 1.16 bits per heavy atom. The third-order valence-corrected chi connectivity index (χ3v) is 22.5. The van der Waals surface area contributed by atoms with Gasteiger partial charge in [-0.15, -0.1) is 11.3 Å². The normalized spacial score (nSPS) is 17.3. The summed E-state index contributed by atoms with van der Waals surface area (Å²) in [5, 5.41) is 12.4. The molecule has 108 heavy (non-hydrogen) atoms. The average Bonchev–Trinajstić information content (AvgIpc) is 1.60. The number of carbonyl (C=O) groups excluding carboxylic acids is 3. The number of thiazole rings is 1. The monoisotopic (exact) mass is 1480 g/mol. The van der Waals surface area contributed by atoms with Crippen molar-refractivity contribution < 1.29 is 37.4 Å². The van der Waals surface area contributed by atoms with Crippen molar-refractivity contribution in [3.8, 4) is 0 Å². The van der Waals surface area contributed by atoms with Gasteiger partial charge in [0.2, 0.25) is 0 Å². The SMILES string of the molecule is CN1C(CC(=O)c2ccccc2)CCCC1CC(O)c1ccccc1.Cc1ccccc1C(OCCN(C)C)c1ccccc1.Cc1nc2sccn2c(=O)c1CCN1CCC(=C(c2ccc(F)cc2)c2ccc(F)cc2)CC1.O=C(CCCN1CCC2(CC1)C(=O)CCN2c1ccccc1)c1ccc(F)cc1. The molecule has 2 aromatic heterocycles. The molecule has 4 unspecified atom stereocenters. The number of ketones is 3. The lowest BCUT2D eigenvalue weighted by atomic mass is 9.83. The number of para-hydroxylation sites is 1. The highest BCUT2D eigenvalue weighted by atomic mass is 32.1. The van der Waals surface area contributed by atoms with Crippen LogP contribution in [-0.2, 0) is 16.0 Å². The van der Waals surface area contributed by atoms with Crippen LogP contribution < -0.4 is 10.5 Å². The summed E-state index contributed by atoms with van der Waals surface area (Å²) < 4.78 is 47.9. The second kappa shape index (κ2) is 39.2. The molecular weight excluding hydrogens is 1380 g/mol. The highest BCUT2D eigenvalue weighted by Gasteiger charge is 2.49. The molecule has 6 heterocycles. The Hall–Kier alpha value is -9.30. The van der Waals surface area contributed by atoms with Crippen LogP contribution in [0.5, 0.6) is 0 Å². The molecule has 0 amide bonds. The van der Waals surface area contributed by atoms with Crippen LogP contribution in [-0.4, -0.2) is 149 Å². The Morgan fingerprint density at radius 1 is 0.620 bits per heavy atom. The zero-order valence-electron chi connectivity index (χ0n) is 63.0. The molecular formula is C91H102F3N7O6S. The fraction of sp³-hybridized carbons (Fsp3) is 0.352. The van der Waals surface area contributed by atoms with E-state index >= 15 is 0 Å². The van der Waals surface area contributed by atoms with E-state index in [1.165, 1.54) is 70.0 Å². The number of carbonyl (C=O) groups is 3. The van der Waals surface area contributed by atoms with Crippen molar-refractivity contribution >= 4 is 44.9 Å². The first kappa shape index (κ1) is 79.7. The predicted octanol–water partition coefficient (Wildman–Crippen LogP) is 17.5. The maximum atomic E-state index is 13.5. The van der Waals surface area contributed by atoms with Crippen molar-refractivity contribution in [2.75, 3.05) is 85.0 Å². The molecule has 13 nitrogen and oxygen atoms in total. The minimum absolute atomic E-state index is 0.0114. The summed E-state index contributed by atoms with van der Waals surface area (Å²) in [6.45, 7) is 11.6. The summed E-state index contributed by atoms with van der Waals surface area (Å²) in [5.74, 6) is -0.240. The van der Waals surface area contributed by atoms with E-state index in [0.717, 1.165) is 166 Å². The van der Waals surface area contributed by atoms with Gasteiger partial charge in [-0.2, -0.15) is 0 Å². The molecule has 4 atom stereocenters. The van der Waals surface area contributed by atoms with Crippen molar-refractivity contribution in [2.45, 2.75) is 127 Å². The van der Waals surface area contributed by atoms with E-state index in [4.69, 9.17) is 4.74 Å². The predicted molar refractivity (Wildman–Crippen MR) is 429 cm³/mol. The number of rotatable bonds is 23. The van der Waals surface area contributed by atoms with Crippen LogP contribution in [0.2, 0.25) is 0 Å². The van der Waals surface area contributed by atoms with Crippen molar-refractivity contribution in [3.63, 3.8) is 0 Å². The number of nitrogens with zero attached hydrogens (tertiary/aromatic N) is 7. The number of hydrogen-bond acceptors (Lipinski definition) is 13. The molecule has 17 heteroatoms. The van der Waals surface area contributed by atoms with Crippen LogP contribution in [0.4, 0.5) is 18.9 Å². The molecule has 0 aliphatic carbocycles. The van der Waals surface area contributed by atoms with Gasteiger partial charge in [0.25, 0.3) is 5.56 Å². The second-order valence-corrected chi connectivity index (χ2v) is 29.9. The van der Waals surface area contributed by atoms with Gasteiger partial charge in [-0.05, 0) is 199 Å². The Balaban J connectivity index is 0.000000146. The first-order valence-electron chi connectivity index (χ1n) is 38.1. The minimum Gasteiger partial charge on any atom is -0.388 e. The maximum Gasteiger partial charge on any atom is 0.261 e. The molecule has 10 aromatic rings. The molecule has 564 valence electrons. The van der Waals surface area contributed by atoms with Gasteiger partial charge in [0, 0.05) is 117 Å². The standard InChI is InChI=1S/C27H25F2N3OS.C24H27FN2O2.C22H27NO2.C18H23NO/c1-18-24(26(33)32-16-17-34-27(32)30-18)12-15-31-13-10-21(11-14-31)25(19-2-6-22(28)7-3-19)20-4-8-23(29)9-5-20;25-20-10-8-19(9-11-20)22(28)7-4-15-26-17-13-24(14-18-26)23(29)12-16-27(24)21-5-2-1-3-6-21;1-23-19(15-21(24)17-9-4-2-5-10-17)13-8-14-20(23)16-22(25)18-11-6-3-7-12-18;1-15-9-7-8-12-17(15)18(20-14-13-19(2)3)16-10-5-4-6-11-16/h2-9,16-17H,10-15H2,1H3;1-3,5-6,8-11H,4,7,12-18H2;2-7,9-12,19-21,24H,8,13-16H2,1H3;4-12,18H,13-14H2,1-3H3. The summed E-state index contributed by atoms with van der Waals surface area (Å²) in [7, 11) is 6.23. The number of anilines is 1. The van der Waals surface area contributed by atoms with Gasteiger partial charge in [0.1, 0.15) is 29.1 Å². The van der Waals surface area contributed by atoms with Crippen LogP contribution in [0, 0.1) is 31.3 Å². The van der Waals surface area contributed by atoms with Crippen LogP contribution in [0.3, 0.4) is 0 Å². The number of aliphatic hydroxyl groups excluding tert-OH is 1. The molecule has 4 fully saturated rings. The van der Waals surface area contributed by atoms with Gasteiger partial charge in [-0.3, -0.25) is 28.5 Å². The number of hydrogen-bond donors (Lipinski definition) is 1. The van der Waals surface area contributed by atoms with Gasteiger partial charge < -0.3 is 29.4 Å². The zero-order valence-corrected chi connectivity index (χ0v) is 63.8. The zero-order chi connectivity index (χ0) is 75.9. The lowest BCUT2D eigenvalue weighted by Crippen LogP contribution is -2.56. The van der Waals surface area contributed by atoms with E-state index in [0.29, 0.717) is 43.1 Å². The number of halogens is 3. The second-order valence-electron chi connectivity index (χ2n) is 29.1. The van der Waals surface area contributed by atoms with Crippen LogP contribution in [0.1, 0.15) is 155 Å². The molecule has 4 aliphatic rings. The lowest BCUT2D eigenvalue weighted by molar-refractivity contribution is -0.123. The smallest absolute Gasteiger partial charge is 0.261 e. The third-order valence-electron chi connectivity index (χ3n) is 21.7. The maximum absolute atomic E-state index is 13.5. The Bertz CT molecular complexity index is 4540. The van der Waals surface area contributed by atoms with E-state index in [-0.39, 0.29) is 52.3 Å². The highest BCUT2D eigenvalue weighted by Crippen LogP contribution is 2.40. The number of aliphatic hydroxyl groups is 1. The van der Waals surface area contributed by atoms with Crippen molar-refractivity contribution in [1.82, 2.24) is 29.0 Å². The van der Waals surface area contributed by atoms with Gasteiger partial charge in [-0.25, -0.2) is 18.2 Å². The first-order valence-corrected chi connectivity index (χ1v) is 39.0. The number of benzene rings is 8. The summed E-state index contributed by atoms with van der Waals surface area (Å²) in [6.07, 6.45) is 11.8. The fourth-order valence-electron chi connectivity index (χ4n) is 15.5. The van der Waals surface area contributed by atoms with E-state index in [2.05, 4.69) is 118 Å². The number of aryl methyl sites for hydroxylation is 2. The largest absolute Gasteiger partial charge is 0.388 e. The summed E-state index contributed by atoms with van der Waals surface area (Å²) >= 11 is 1.47. The Morgan fingerprint density at radius 3 is 1.76 bits per heavy atom. The number of piperidine rings is 3. The van der Waals surface area contributed by atoms with E-state index < -0.39 is 6.10 Å². The summed E-state index contributed by atoms with van der Waals surface area (Å²) in [5.41, 5.74) is 12.7. The quantitative estimate of drug-likeness (QED) is 0.0612. The lowest BCUT2D eigenvalue weighted by Gasteiger charge is -2.44. The average molecular weight is 1480 g/mol. The molecule has 0 saturated carbocycles. The molecule has 4 aliphatic heterocycles. The summed E-state index contributed by atoms with van der Waals surface area (Å²) in [4.78, 5) is 67.2. The fourth-order valence-corrected chi connectivity index (χ4v) is 16.2. The summed E-state index contributed by atoms with van der Waals surface area (Å²) in [6, 6.07) is 67.9. The molecule has 4 saturated heterocycles. The molecule has 0 bridgehead atoms. The Labute approximate surface area is 639 Å². The van der Waals surface area contributed by atoms with Gasteiger partial charge in [0.15, 0.2) is 22.3 Å². The van der Waals surface area contributed by atoms with Crippen LogP contribution in [0.25, 0.3) is 10.5 Å². The van der Waals surface area contributed by atoms with E-state index in [9.17, 15) is 37.5 Å². The van der Waals surface area contributed by atoms with Crippen molar-refractivity contribution in [2.24, 2.45) is 0 Å². The van der Waals surface area contributed by atoms with E-state index in [1.807, 2.05) is 97.2 Å². The number of likely N-dealkylation sites (N-methyl/N-ethyl adjacent to an activating group) is 1. The van der Waals surface area contributed by atoms with Gasteiger partial charge in [-0.1, -0.05) is 170 Å². The van der Waals surface area contributed by atoms with Gasteiger partial charge >= 0.3 is 0 Å². The van der Waals surface area contributed by atoms with Crippen LogP contribution >= 0.6 is 11.3 Å². The number of aromatic nitrogens is 2. The Kier molecular flexibility index (Phi) is 28.9. The number of fused-ring (bicyclic) bond motifs is 1. The molecule has 0 radical (unpaired) electrons. The van der Waals surface area contributed by atoms with E-state index in [1.54, 1.807) is 47.0 Å². The molecule has 14 rings (SSSR count). The third kappa shape index (κ3) is 21.3. The first-order chi connectivity index (χ1) is 52.4. The topological polar surface area (TPSA) is 131 Å². The number of ether oxygens (including phenoxy) is 1. The highest BCUT2D eigenvalue weighted by molar-refractivity contribution is 7.15. The minimum atomic E-state index is -0.447. The van der Waals surface area contributed by atoms with Gasteiger partial charge in [0.05, 0.1) is 12.7 Å². The number of Topliss-reactive ketones (excluding diaryl/α,β-unsaturated/α-hetero) is 3. The molecule has 8 aromatic carbocycles.